The molecule has 0 unspecified atom stereocenters. The van der Waals surface area contributed by atoms with E-state index in [4.69, 9.17) is 16.3 Å². The fraction of sp³-hybridized carbons (Fsp3) is 0.207. The van der Waals surface area contributed by atoms with E-state index < -0.39 is 5.82 Å². The molecule has 38 heavy (non-hydrogen) atoms. The summed E-state index contributed by atoms with van der Waals surface area (Å²) >= 11 is 6.68. The number of anilines is 1. The number of piperazine rings is 1. The number of carbonyl (C=O) groups excluding carboxylic acids is 1. The van der Waals surface area contributed by atoms with Gasteiger partial charge in [0.2, 0.25) is 5.91 Å². The molecule has 1 N–H and O–H groups in total. The van der Waals surface area contributed by atoms with Crippen molar-refractivity contribution in [3.8, 4) is 22.6 Å². The van der Waals surface area contributed by atoms with Crippen LogP contribution in [-0.4, -0.2) is 58.9 Å². The minimum Gasteiger partial charge on any atom is -0.507 e. The number of para-hydroxylation sites is 1. The first kappa shape index (κ1) is 25.5. The van der Waals surface area contributed by atoms with E-state index in [1.165, 1.54) is 24.3 Å². The molecule has 7 nitrogen and oxygen atoms in total. The molecule has 9 heteroatoms. The van der Waals surface area contributed by atoms with Crippen LogP contribution in [0.4, 0.5) is 10.2 Å². The van der Waals surface area contributed by atoms with E-state index in [0.29, 0.717) is 56.3 Å². The maximum atomic E-state index is 14.8. The summed E-state index contributed by atoms with van der Waals surface area (Å²) in [6, 6.07) is 17.1. The number of halogens is 2. The van der Waals surface area contributed by atoms with Gasteiger partial charge in [-0.25, -0.2) is 4.39 Å². The van der Waals surface area contributed by atoms with Crippen LogP contribution in [0.25, 0.3) is 21.9 Å². The molecule has 5 rings (SSSR count). The summed E-state index contributed by atoms with van der Waals surface area (Å²) in [5.74, 6) is 0.487. The number of phenolic OH excluding ortho intramolecular Hbond substituents is 1. The number of nitrogens with zero attached hydrogens (tertiary/aromatic N) is 4. The van der Waals surface area contributed by atoms with Gasteiger partial charge in [0.1, 0.15) is 17.3 Å². The Bertz CT molecular complexity index is 1470. The number of aromatic hydroxyl groups is 1. The molecule has 1 amide bonds. The lowest BCUT2D eigenvalue weighted by Gasteiger charge is -2.35. The van der Waals surface area contributed by atoms with Crippen LogP contribution in [0.2, 0.25) is 5.02 Å². The molecule has 1 saturated heterocycles. The number of hydrogen-bond acceptors (Lipinski definition) is 6. The van der Waals surface area contributed by atoms with E-state index in [9.17, 15) is 14.3 Å². The normalized spacial score (nSPS) is 13.5. The van der Waals surface area contributed by atoms with Crippen molar-refractivity contribution in [2.24, 2.45) is 0 Å². The molecule has 3 aromatic carbocycles. The van der Waals surface area contributed by atoms with Gasteiger partial charge in [0.15, 0.2) is 5.82 Å². The fourth-order valence-corrected chi connectivity index (χ4v) is 4.91. The molecular formula is C29H26ClFN4O3. The van der Waals surface area contributed by atoms with Crippen LogP contribution < -0.4 is 9.64 Å². The highest BCUT2D eigenvalue weighted by atomic mass is 35.5. The lowest BCUT2D eigenvalue weighted by Crippen LogP contribution is -2.48. The molecule has 0 bridgehead atoms. The quantitative estimate of drug-likeness (QED) is 0.327. The van der Waals surface area contributed by atoms with Gasteiger partial charge in [-0.05, 0) is 42.5 Å². The first-order chi connectivity index (χ1) is 18.5. The van der Waals surface area contributed by atoms with Crippen molar-refractivity contribution in [3.05, 3.63) is 89.9 Å². The first-order valence-corrected chi connectivity index (χ1v) is 12.6. The summed E-state index contributed by atoms with van der Waals surface area (Å²) in [4.78, 5) is 15.8. The average molecular weight is 533 g/mol. The highest BCUT2D eigenvalue weighted by Gasteiger charge is 2.24. The molecule has 4 aromatic rings. The van der Waals surface area contributed by atoms with E-state index in [-0.39, 0.29) is 22.2 Å². The van der Waals surface area contributed by atoms with Gasteiger partial charge in [0.25, 0.3) is 0 Å². The van der Waals surface area contributed by atoms with Crippen molar-refractivity contribution >= 4 is 34.1 Å². The zero-order chi connectivity index (χ0) is 26.6. The zero-order valence-corrected chi connectivity index (χ0v) is 21.4. The third-order valence-corrected chi connectivity index (χ3v) is 6.91. The predicted octanol–water partition coefficient (Wildman–Crippen LogP) is 5.25. The second-order valence-electron chi connectivity index (χ2n) is 8.91. The van der Waals surface area contributed by atoms with Gasteiger partial charge >= 0.3 is 0 Å². The second-order valence-corrected chi connectivity index (χ2v) is 9.32. The summed E-state index contributed by atoms with van der Waals surface area (Å²) in [7, 11) is 0. The number of hydrogen-bond donors (Lipinski definition) is 1. The SMILES string of the molecule is C=CC(=O)N1CCN(c2nnc(CCOc3ccccc3)c3cc(-c4c(O)cccc4F)c(Cl)cc23)CC1. The van der Waals surface area contributed by atoms with Crippen molar-refractivity contribution in [2.45, 2.75) is 6.42 Å². The van der Waals surface area contributed by atoms with Crippen LogP contribution in [0.5, 0.6) is 11.5 Å². The van der Waals surface area contributed by atoms with Crippen LogP contribution >= 0.6 is 11.6 Å². The van der Waals surface area contributed by atoms with Gasteiger partial charge in [0.05, 0.1) is 17.9 Å². The van der Waals surface area contributed by atoms with Crippen LogP contribution in [0.1, 0.15) is 5.69 Å². The zero-order valence-electron chi connectivity index (χ0n) is 20.6. The van der Waals surface area contributed by atoms with Crippen LogP contribution in [-0.2, 0) is 11.2 Å². The van der Waals surface area contributed by atoms with Gasteiger partial charge in [-0.15, -0.1) is 5.10 Å². The molecule has 0 aliphatic carbocycles. The average Bonchev–Trinajstić information content (AvgIpc) is 2.93. The highest BCUT2D eigenvalue weighted by molar-refractivity contribution is 6.34. The Morgan fingerprint density at radius 3 is 2.53 bits per heavy atom. The lowest BCUT2D eigenvalue weighted by atomic mass is 9.98. The number of rotatable bonds is 7. The van der Waals surface area contributed by atoms with Crippen LogP contribution in [0.3, 0.4) is 0 Å². The summed E-state index contributed by atoms with van der Waals surface area (Å²) in [5, 5.41) is 21.3. The number of fused-ring (bicyclic) bond motifs is 1. The standard InChI is InChI=1S/C29H26ClFN4O3/c1-2-27(37)34-12-14-35(15-13-34)29-21-18-23(30)22(28-24(31)9-6-10-26(28)36)17-20(21)25(32-33-29)11-16-38-19-7-4-3-5-8-19/h2-10,17-18,36H,1,11-16H2. The number of phenols is 1. The summed E-state index contributed by atoms with van der Waals surface area (Å²) in [6.45, 7) is 6.10. The fourth-order valence-electron chi connectivity index (χ4n) is 4.65. The Balaban J connectivity index is 1.54. The molecule has 0 atom stereocenters. The second kappa shape index (κ2) is 11.1. The number of amides is 1. The Morgan fingerprint density at radius 1 is 1.05 bits per heavy atom. The van der Waals surface area contributed by atoms with Crippen LogP contribution in [0.15, 0.2) is 73.3 Å². The monoisotopic (exact) mass is 532 g/mol. The van der Waals surface area contributed by atoms with E-state index >= 15 is 0 Å². The highest BCUT2D eigenvalue weighted by Crippen LogP contribution is 2.40. The Labute approximate surface area is 224 Å². The molecule has 1 aliphatic heterocycles. The number of benzene rings is 3. The minimum absolute atomic E-state index is 0.0285. The van der Waals surface area contributed by atoms with Crippen molar-refractivity contribution in [3.63, 3.8) is 0 Å². The van der Waals surface area contributed by atoms with Crippen LogP contribution in [0, 0.1) is 5.82 Å². The molecule has 1 fully saturated rings. The van der Waals surface area contributed by atoms with E-state index in [2.05, 4.69) is 21.7 Å². The predicted molar refractivity (Wildman–Crippen MR) is 146 cm³/mol. The van der Waals surface area contributed by atoms with E-state index in [1.807, 2.05) is 30.3 Å². The third-order valence-electron chi connectivity index (χ3n) is 6.60. The molecular weight excluding hydrogens is 507 g/mol. The largest absolute Gasteiger partial charge is 0.507 e. The lowest BCUT2D eigenvalue weighted by molar-refractivity contribution is -0.126. The summed E-state index contributed by atoms with van der Waals surface area (Å²) in [6.07, 6.45) is 1.77. The minimum atomic E-state index is -0.578. The molecule has 1 aliphatic rings. The number of aromatic nitrogens is 2. The maximum absolute atomic E-state index is 14.8. The maximum Gasteiger partial charge on any atom is 0.246 e. The van der Waals surface area contributed by atoms with Crippen molar-refractivity contribution in [1.82, 2.24) is 15.1 Å². The Hall–Kier alpha value is -4.17. The summed E-state index contributed by atoms with van der Waals surface area (Å²) in [5.41, 5.74) is 1.05. The van der Waals surface area contributed by atoms with Crippen molar-refractivity contribution in [1.29, 1.82) is 0 Å². The van der Waals surface area contributed by atoms with Gasteiger partial charge < -0.3 is 19.6 Å². The topological polar surface area (TPSA) is 78.8 Å². The Kier molecular flexibility index (Phi) is 7.42. The first-order valence-electron chi connectivity index (χ1n) is 12.3. The van der Waals surface area contributed by atoms with E-state index in [1.54, 1.807) is 17.0 Å². The molecule has 194 valence electrons. The Morgan fingerprint density at radius 2 is 1.82 bits per heavy atom. The van der Waals surface area contributed by atoms with Gasteiger partial charge in [-0.2, -0.15) is 5.10 Å². The molecule has 1 aromatic heterocycles. The number of carbonyl (C=O) groups is 1. The third kappa shape index (κ3) is 5.13. The molecule has 2 heterocycles. The van der Waals surface area contributed by atoms with E-state index in [0.717, 1.165) is 16.5 Å². The van der Waals surface area contributed by atoms with Gasteiger partial charge in [0, 0.05) is 54.0 Å². The van der Waals surface area contributed by atoms with Crippen molar-refractivity contribution in [2.75, 3.05) is 37.7 Å². The van der Waals surface area contributed by atoms with Gasteiger partial charge in [-0.1, -0.05) is 42.4 Å². The smallest absolute Gasteiger partial charge is 0.246 e. The van der Waals surface area contributed by atoms with Crippen molar-refractivity contribution < 1.29 is 19.0 Å². The molecule has 0 radical (unpaired) electrons. The molecule has 0 spiro atoms. The summed E-state index contributed by atoms with van der Waals surface area (Å²) < 4.78 is 20.7. The number of ether oxygens (including phenoxy) is 1. The van der Waals surface area contributed by atoms with Gasteiger partial charge in [-0.3, -0.25) is 4.79 Å². The molecule has 0 saturated carbocycles.